The molecule has 1 aliphatic heterocycles. The van der Waals surface area contributed by atoms with Crippen molar-refractivity contribution in [2.75, 3.05) is 18.0 Å². The number of nitrogens with one attached hydrogen (secondary N) is 1. The second kappa shape index (κ2) is 7.47. The fourth-order valence-electron chi connectivity index (χ4n) is 2.88. The summed E-state index contributed by atoms with van der Waals surface area (Å²) in [5.74, 6) is 1.86. The highest BCUT2D eigenvalue weighted by Gasteiger charge is 2.26. The van der Waals surface area contributed by atoms with Gasteiger partial charge in [0.05, 0.1) is 6.26 Å². The van der Waals surface area contributed by atoms with Gasteiger partial charge in [-0.05, 0) is 50.5 Å². The van der Waals surface area contributed by atoms with Gasteiger partial charge in [0, 0.05) is 25.0 Å². The molecule has 24 heavy (non-hydrogen) atoms. The van der Waals surface area contributed by atoms with Gasteiger partial charge in [0.15, 0.2) is 11.6 Å². The van der Waals surface area contributed by atoms with E-state index in [4.69, 9.17) is 4.42 Å². The summed E-state index contributed by atoms with van der Waals surface area (Å²) in [6.45, 7) is 5.78. The van der Waals surface area contributed by atoms with Crippen molar-refractivity contribution < 1.29 is 9.21 Å². The van der Waals surface area contributed by atoms with Crippen LogP contribution in [0.5, 0.6) is 0 Å². The molecule has 1 N–H and O–H groups in total. The lowest BCUT2D eigenvalue weighted by Crippen LogP contribution is -2.43. The highest BCUT2D eigenvalue weighted by atomic mass is 16.3. The number of nitrogens with zero attached hydrogens (tertiary/aromatic N) is 3. The zero-order valence-corrected chi connectivity index (χ0v) is 14.2. The molecule has 6 nitrogen and oxygen atoms in total. The summed E-state index contributed by atoms with van der Waals surface area (Å²) in [6.07, 6.45) is 4.29. The number of piperidine rings is 1. The zero-order valence-electron chi connectivity index (χ0n) is 14.2. The minimum absolute atomic E-state index is 0.102. The van der Waals surface area contributed by atoms with Crippen molar-refractivity contribution in [1.29, 1.82) is 0 Å². The van der Waals surface area contributed by atoms with Crippen molar-refractivity contribution in [2.24, 2.45) is 5.92 Å². The Balaban J connectivity index is 1.56. The number of anilines is 1. The normalized spacial score (nSPS) is 16.8. The largest absolute Gasteiger partial charge is 0.463 e. The lowest BCUT2D eigenvalue weighted by molar-refractivity contribution is -0.126. The van der Waals surface area contributed by atoms with Crippen LogP contribution in [0.3, 0.4) is 0 Å². The van der Waals surface area contributed by atoms with E-state index in [0.717, 1.165) is 49.6 Å². The van der Waals surface area contributed by atoms with E-state index in [-0.39, 0.29) is 17.9 Å². The molecule has 0 aromatic carbocycles. The first-order chi connectivity index (χ1) is 11.7. The Morgan fingerprint density at radius 3 is 2.71 bits per heavy atom. The van der Waals surface area contributed by atoms with Crippen LogP contribution in [0.1, 0.15) is 33.1 Å². The second-order valence-corrected chi connectivity index (χ2v) is 6.33. The molecule has 1 atom stereocenters. The molecule has 2 aromatic heterocycles. The van der Waals surface area contributed by atoms with Gasteiger partial charge in [-0.1, -0.05) is 6.92 Å². The highest BCUT2D eigenvalue weighted by molar-refractivity contribution is 5.79. The molecule has 0 radical (unpaired) electrons. The van der Waals surface area contributed by atoms with Crippen LogP contribution in [0.25, 0.3) is 11.5 Å². The molecule has 0 bridgehead atoms. The molecule has 1 saturated heterocycles. The summed E-state index contributed by atoms with van der Waals surface area (Å²) >= 11 is 0. The van der Waals surface area contributed by atoms with Gasteiger partial charge in [0.25, 0.3) is 0 Å². The first-order valence-corrected chi connectivity index (χ1v) is 8.60. The van der Waals surface area contributed by atoms with Crippen LogP contribution in [0.2, 0.25) is 0 Å². The molecule has 3 rings (SSSR count). The van der Waals surface area contributed by atoms with Crippen LogP contribution in [-0.4, -0.2) is 35.2 Å². The SMILES string of the molecule is CCC(C)NC(=O)C1CCN(c2ccc(-c3ccco3)nn2)CC1. The van der Waals surface area contributed by atoms with Crippen LogP contribution in [0.15, 0.2) is 34.9 Å². The molecule has 0 spiro atoms. The molecular weight excluding hydrogens is 304 g/mol. The van der Waals surface area contributed by atoms with E-state index in [1.54, 1.807) is 6.26 Å². The number of carbonyl (C=O) groups excluding carboxylic acids is 1. The van der Waals surface area contributed by atoms with E-state index < -0.39 is 0 Å². The zero-order chi connectivity index (χ0) is 16.9. The van der Waals surface area contributed by atoms with E-state index >= 15 is 0 Å². The topological polar surface area (TPSA) is 71.3 Å². The predicted octanol–water partition coefficient (Wildman–Crippen LogP) is 2.87. The van der Waals surface area contributed by atoms with Crippen LogP contribution >= 0.6 is 0 Å². The summed E-state index contributed by atoms with van der Waals surface area (Å²) in [4.78, 5) is 14.4. The Bertz CT molecular complexity index is 646. The molecule has 0 aliphatic carbocycles. The van der Waals surface area contributed by atoms with Crippen molar-refractivity contribution in [3.05, 3.63) is 30.5 Å². The van der Waals surface area contributed by atoms with Gasteiger partial charge in [-0.2, -0.15) is 0 Å². The summed E-state index contributed by atoms with van der Waals surface area (Å²) in [6, 6.07) is 7.83. The van der Waals surface area contributed by atoms with Crippen LogP contribution in [0, 0.1) is 5.92 Å². The number of hydrogen-bond acceptors (Lipinski definition) is 5. The molecule has 3 heterocycles. The maximum absolute atomic E-state index is 12.2. The standard InChI is InChI=1S/C18H24N4O2/c1-3-13(2)19-18(23)14-8-10-22(11-9-14)17-7-6-15(20-21-17)16-5-4-12-24-16/h4-7,12-14H,3,8-11H2,1-2H3,(H,19,23). The van der Waals surface area contributed by atoms with E-state index in [1.165, 1.54) is 0 Å². The van der Waals surface area contributed by atoms with Gasteiger partial charge in [0.2, 0.25) is 5.91 Å². The molecule has 128 valence electrons. The average Bonchev–Trinajstić information content (AvgIpc) is 3.16. The molecule has 2 aromatic rings. The van der Waals surface area contributed by atoms with E-state index in [1.807, 2.05) is 31.2 Å². The third-order valence-electron chi connectivity index (χ3n) is 4.61. The minimum atomic E-state index is 0.102. The first-order valence-electron chi connectivity index (χ1n) is 8.60. The number of carbonyl (C=O) groups is 1. The van der Waals surface area contributed by atoms with Gasteiger partial charge in [-0.25, -0.2) is 0 Å². The van der Waals surface area contributed by atoms with Crippen molar-refractivity contribution >= 4 is 11.7 Å². The Kier molecular flexibility index (Phi) is 5.13. The summed E-state index contributed by atoms with van der Waals surface area (Å²) in [7, 11) is 0. The van der Waals surface area contributed by atoms with E-state index in [0.29, 0.717) is 0 Å². The van der Waals surface area contributed by atoms with Crippen LogP contribution in [-0.2, 0) is 4.79 Å². The van der Waals surface area contributed by atoms with Crippen molar-refractivity contribution in [2.45, 2.75) is 39.2 Å². The van der Waals surface area contributed by atoms with Crippen LogP contribution in [0.4, 0.5) is 5.82 Å². The number of rotatable bonds is 5. The summed E-state index contributed by atoms with van der Waals surface area (Å²) in [5.41, 5.74) is 0.728. The Morgan fingerprint density at radius 1 is 1.33 bits per heavy atom. The molecule has 1 fully saturated rings. The lowest BCUT2D eigenvalue weighted by Gasteiger charge is -2.32. The monoisotopic (exact) mass is 328 g/mol. The molecule has 1 aliphatic rings. The van der Waals surface area contributed by atoms with Crippen molar-refractivity contribution in [3.8, 4) is 11.5 Å². The van der Waals surface area contributed by atoms with Gasteiger partial charge in [0.1, 0.15) is 5.69 Å². The van der Waals surface area contributed by atoms with E-state index in [9.17, 15) is 4.79 Å². The Hall–Kier alpha value is -2.37. The van der Waals surface area contributed by atoms with Gasteiger partial charge in [-0.15, -0.1) is 10.2 Å². The predicted molar refractivity (Wildman–Crippen MR) is 92.6 cm³/mol. The molecular formula is C18H24N4O2. The van der Waals surface area contributed by atoms with Gasteiger partial charge < -0.3 is 14.6 Å². The Labute approximate surface area is 142 Å². The second-order valence-electron chi connectivity index (χ2n) is 6.33. The first kappa shape index (κ1) is 16.5. The molecule has 0 saturated carbocycles. The summed E-state index contributed by atoms with van der Waals surface area (Å²) in [5, 5.41) is 11.6. The Morgan fingerprint density at radius 2 is 2.12 bits per heavy atom. The van der Waals surface area contributed by atoms with Crippen molar-refractivity contribution in [3.63, 3.8) is 0 Å². The maximum atomic E-state index is 12.2. The van der Waals surface area contributed by atoms with E-state index in [2.05, 4.69) is 27.3 Å². The lowest BCUT2D eigenvalue weighted by atomic mass is 9.95. The van der Waals surface area contributed by atoms with Gasteiger partial charge in [-0.3, -0.25) is 4.79 Å². The minimum Gasteiger partial charge on any atom is -0.463 e. The third kappa shape index (κ3) is 3.75. The molecule has 1 unspecified atom stereocenters. The number of aromatic nitrogens is 2. The number of hydrogen-bond donors (Lipinski definition) is 1. The fraction of sp³-hybridized carbons (Fsp3) is 0.500. The quantitative estimate of drug-likeness (QED) is 0.914. The molecule has 6 heteroatoms. The molecule has 1 amide bonds. The van der Waals surface area contributed by atoms with Crippen LogP contribution < -0.4 is 10.2 Å². The third-order valence-corrected chi connectivity index (χ3v) is 4.61. The van der Waals surface area contributed by atoms with Gasteiger partial charge >= 0.3 is 0 Å². The fourth-order valence-corrected chi connectivity index (χ4v) is 2.88. The number of furan rings is 1. The number of amides is 1. The average molecular weight is 328 g/mol. The summed E-state index contributed by atoms with van der Waals surface area (Å²) < 4.78 is 5.33. The maximum Gasteiger partial charge on any atom is 0.223 e. The highest BCUT2D eigenvalue weighted by Crippen LogP contribution is 2.23. The smallest absolute Gasteiger partial charge is 0.223 e. The van der Waals surface area contributed by atoms with Crippen molar-refractivity contribution in [1.82, 2.24) is 15.5 Å².